The lowest BCUT2D eigenvalue weighted by Crippen LogP contribution is -2.61. The van der Waals surface area contributed by atoms with Crippen LogP contribution >= 0.6 is 11.8 Å². The fourth-order valence-electron chi connectivity index (χ4n) is 4.27. The Hall–Kier alpha value is -3.66. The van der Waals surface area contributed by atoms with Crippen LogP contribution in [-0.4, -0.2) is 77.1 Å². The summed E-state index contributed by atoms with van der Waals surface area (Å²) in [4.78, 5) is 55.3. The Bertz CT molecular complexity index is 1240. The third-order valence-corrected chi connectivity index (χ3v) is 7.48. The van der Waals surface area contributed by atoms with Crippen LogP contribution in [0.4, 0.5) is 5.69 Å². The number of nitrogens with zero attached hydrogens (tertiary/aromatic N) is 4. The van der Waals surface area contributed by atoms with Gasteiger partial charge in [0.2, 0.25) is 11.8 Å². The van der Waals surface area contributed by atoms with E-state index in [0.717, 1.165) is 10.5 Å². The number of amides is 3. The minimum absolute atomic E-state index is 0.0243. The molecule has 0 aliphatic carbocycles. The van der Waals surface area contributed by atoms with Gasteiger partial charge in [0.05, 0.1) is 16.4 Å². The van der Waals surface area contributed by atoms with Crippen LogP contribution in [-0.2, 0) is 14.4 Å². The summed E-state index contributed by atoms with van der Waals surface area (Å²) in [5.41, 5.74) is 1.41. The Kier molecular flexibility index (Phi) is 8.75. The highest BCUT2D eigenvalue weighted by molar-refractivity contribution is 7.99. The summed E-state index contributed by atoms with van der Waals surface area (Å²) in [5.74, 6) is -0.698. The van der Waals surface area contributed by atoms with E-state index in [1.165, 1.54) is 39.5 Å². The number of rotatable bonds is 7. The molecule has 10 heteroatoms. The summed E-state index contributed by atoms with van der Waals surface area (Å²) in [5, 5.41) is 11.9. The first-order valence-electron chi connectivity index (χ1n) is 11.9. The van der Waals surface area contributed by atoms with Gasteiger partial charge in [0.25, 0.3) is 11.6 Å². The maximum absolute atomic E-state index is 13.3. The Morgan fingerprint density at radius 3 is 2.38 bits per heavy atom. The molecule has 37 heavy (non-hydrogen) atoms. The van der Waals surface area contributed by atoms with Gasteiger partial charge in [0.1, 0.15) is 6.04 Å². The number of likely N-dealkylation sites (N-methyl/N-ethyl adjacent to an activating group) is 1. The highest BCUT2D eigenvalue weighted by Crippen LogP contribution is 2.39. The molecule has 1 unspecified atom stereocenters. The highest BCUT2D eigenvalue weighted by atomic mass is 32.2. The van der Waals surface area contributed by atoms with Gasteiger partial charge in [-0.25, -0.2) is 0 Å². The third-order valence-electron chi connectivity index (χ3n) is 6.32. The lowest BCUT2D eigenvalue weighted by atomic mass is 10.0. The van der Waals surface area contributed by atoms with Crippen molar-refractivity contribution in [2.45, 2.75) is 42.5 Å². The van der Waals surface area contributed by atoms with Crippen molar-refractivity contribution in [2.75, 3.05) is 33.7 Å². The molecule has 1 fully saturated rings. The topological polar surface area (TPSA) is 104 Å². The van der Waals surface area contributed by atoms with E-state index in [0.29, 0.717) is 10.5 Å². The van der Waals surface area contributed by atoms with Gasteiger partial charge in [-0.15, -0.1) is 0 Å². The standard InChI is InChI=1S/C27H32N4O5S/c1-17(2)21-9-7-8-10-24(21)37-25-12-11-20(15-22(25)31(35)36)18(3)26(33)29-13-14-30(19(4)32)23(16-29)27(34)28(5)6/h7-12,15,17,23H,3,13-14,16H2,1-2,4-6H3. The predicted octanol–water partition coefficient (Wildman–Crippen LogP) is 4.03. The average molecular weight is 525 g/mol. The molecular formula is C27H32N4O5S. The lowest BCUT2D eigenvalue weighted by molar-refractivity contribution is -0.387. The number of carbonyl (C=O) groups excluding carboxylic acids is 3. The van der Waals surface area contributed by atoms with E-state index in [2.05, 4.69) is 20.4 Å². The number of hydrogen-bond donors (Lipinski definition) is 0. The Morgan fingerprint density at radius 2 is 1.78 bits per heavy atom. The van der Waals surface area contributed by atoms with Crippen molar-refractivity contribution in [3.05, 3.63) is 70.3 Å². The first-order chi connectivity index (χ1) is 17.4. The van der Waals surface area contributed by atoms with Crippen molar-refractivity contribution in [1.29, 1.82) is 0 Å². The number of piperazine rings is 1. The summed E-state index contributed by atoms with van der Waals surface area (Å²) in [6.45, 7) is 9.91. The van der Waals surface area contributed by atoms with Crippen LogP contribution < -0.4 is 0 Å². The number of nitro benzene ring substituents is 1. The van der Waals surface area contributed by atoms with E-state index in [9.17, 15) is 24.5 Å². The number of nitro groups is 1. The Balaban J connectivity index is 1.86. The van der Waals surface area contributed by atoms with E-state index < -0.39 is 16.9 Å². The summed E-state index contributed by atoms with van der Waals surface area (Å²) >= 11 is 1.32. The normalized spacial score (nSPS) is 15.5. The smallest absolute Gasteiger partial charge is 0.283 e. The largest absolute Gasteiger partial charge is 0.347 e. The fraction of sp³-hybridized carbons (Fsp3) is 0.370. The van der Waals surface area contributed by atoms with E-state index >= 15 is 0 Å². The molecule has 196 valence electrons. The van der Waals surface area contributed by atoms with Gasteiger partial charge in [0.15, 0.2) is 0 Å². The number of hydrogen-bond acceptors (Lipinski definition) is 6. The van der Waals surface area contributed by atoms with Crippen LogP contribution in [0.5, 0.6) is 0 Å². The first kappa shape index (κ1) is 27.9. The van der Waals surface area contributed by atoms with E-state index in [-0.39, 0.29) is 48.6 Å². The molecule has 0 radical (unpaired) electrons. The average Bonchev–Trinajstić information content (AvgIpc) is 2.87. The SMILES string of the molecule is C=C(C(=O)N1CCN(C(C)=O)C(C(=O)N(C)C)C1)c1ccc(Sc2ccccc2C(C)C)c([N+](=O)[O-])c1. The molecule has 1 aliphatic rings. The fourth-order valence-corrected chi connectivity index (χ4v) is 5.45. The van der Waals surface area contributed by atoms with Crippen LogP contribution in [0.25, 0.3) is 5.57 Å². The van der Waals surface area contributed by atoms with Gasteiger partial charge in [0, 0.05) is 50.6 Å². The van der Waals surface area contributed by atoms with Crippen LogP contribution in [0.3, 0.4) is 0 Å². The third kappa shape index (κ3) is 6.19. The van der Waals surface area contributed by atoms with Crippen molar-refractivity contribution in [1.82, 2.24) is 14.7 Å². The molecule has 0 bridgehead atoms. The molecule has 0 N–H and O–H groups in total. The lowest BCUT2D eigenvalue weighted by Gasteiger charge is -2.41. The summed E-state index contributed by atoms with van der Waals surface area (Å²) in [6.07, 6.45) is 0. The molecule has 1 atom stereocenters. The molecular weight excluding hydrogens is 492 g/mol. The summed E-state index contributed by atoms with van der Waals surface area (Å²) in [6, 6.07) is 11.7. The second-order valence-corrected chi connectivity index (χ2v) is 10.5. The van der Waals surface area contributed by atoms with Gasteiger partial charge in [-0.1, -0.05) is 56.5 Å². The molecule has 3 amide bonds. The van der Waals surface area contributed by atoms with Crippen LogP contribution in [0.15, 0.2) is 58.8 Å². The van der Waals surface area contributed by atoms with Gasteiger partial charge >= 0.3 is 0 Å². The Labute approximate surface area is 221 Å². The molecule has 2 aromatic rings. The quantitative estimate of drug-likeness (QED) is 0.308. The second-order valence-electron chi connectivity index (χ2n) is 9.42. The van der Waals surface area contributed by atoms with Gasteiger partial charge in [-0.05, 0) is 29.2 Å². The van der Waals surface area contributed by atoms with E-state index in [1.54, 1.807) is 26.2 Å². The highest BCUT2D eigenvalue weighted by Gasteiger charge is 2.37. The minimum Gasteiger partial charge on any atom is -0.347 e. The molecule has 9 nitrogen and oxygen atoms in total. The minimum atomic E-state index is -0.799. The molecule has 2 aromatic carbocycles. The van der Waals surface area contributed by atoms with E-state index in [4.69, 9.17) is 0 Å². The molecule has 0 spiro atoms. The monoisotopic (exact) mass is 524 g/mol. The van der Waals surface area contributed by atoms with Crippen LogP contribution in [0, 0.1) is 10.1 Å². The van der Waals surface area contributed by atoms with Crippen LogP contribution in [0.2, 0.25) is 0 Å². The molecule has 1 aliphatic heterocycles. The van der Waals surface area contributed by atoms with Crippen molar-refractivity contribution in [3.63, 3.8) is 0 Å². The maximum atomic E-state index is 13.3. The van der Waals surface area contributed by atoms with Crippen molar-refractivity contribution in [3.8, 4) is 0 Å². The molecule has 0 saturated carbocycles. The van der Waals surface area contributed by atoms with Gasteiger partial charge < -0.3 is 14.7 Å². The van der Waals surface area contributed by atoms with Crippen molar-refractivity contribution < 1.29 is 19.3 Å². The predicted molar refractivity (Wildman–Crippen MR) is 143 cm³/mol. The Morgan fingerprint density at radius 1 is 1.11 bits per heavy atom. The zero-order valence-corrected chi connectivity index (χ0v) is 22.6. The van der Waals surface area contributed by atoms with E-state index in [1.807, 2.05) is 24.3 Å². The number of carbonyl (C=O) groups is 3. The summed E-state index contributed by atoms with van der Waals surface area (Å²) < 4.78 is 0. The molecule has 1 heterocycles. The second kappa shape index (κ2) is 11.6. The van der Waals surface area contributed by atoms with Crippen LogP contribution in [0.1, 0.15) is 37.8 Å². The van der Waals surface area contributed by atoms with Crippen molar-refractivity contribution >= 4 is 40.7 Å². The molecule has 0 aromatic heterocycles. The number of benzene rings is 2. The van der Waals surface area contributed by atoms with Crippen molar-refractivity contribution in [2.24, 2.45) is 0 Å². The van der Waals surface area contributed by atoms with Gasteiger partial charge in [-0.2, -0.15) is 0 Å². The zero-order valence-electron chi connectivity index (χ0n) is 21.8. The zero-order chi connectivity index (χ0) is 27.4. The maximum Gasteiger partial charge on any atom is 0.283 e. The molecule has 3 rings (SSSR count). The first-order valence-corrected chi connectivity index (χ1v) is 12.8. The summed E-state index contributed by atoms with van der Waals surface area (Å²) in [7, 11) is 3.19. The van der Waals surface area contributed by atoms with Gasteiger partial charge in [-0.3, -0.25) is 24.5 Å². The molecule has 1 saturated heterocycles.